The van der Waals surface area contributed by atoms with Gasteiger partial charge in [0.25, 0.3) is 0 Å². The minimum atomic E-state index is -1.29. The van der Waals surface area contributed by atoms with Crippen molar-refractivity contribution in [2.75, 3.05) is 33.2 Å². The molecule has 1 N–H and O–H groups in total. The van der Waals surface area contributed by atoms with Gasteiger partial charge in [-0.15, -0.1) is 0 Å². The average Bonchev–Trinajstić information content (AvgIpc) is 3.03. The summed E-state index contributed by atoms with van der Waals surface area (Å²) in [6, 6.07) is 11.5. The van der Waals surface area contributed by atoms with Crippen LogP contribution in [0.15, 0.2) is 41.6 Å². The van der Waals surface area contributed by atoms with Crippen LogP contribution in [0.1, 0.15) is 5.56 Å². The molecule has 0 saturated carbocycles. The zero-order valence-electron chi connectivity index (χ0n) is 14.7. The fraction of sp³-hybridized carbons (Fsp3) is 0.278. The first-order valence-electron chi connectivity index (χ1n) is 7.79. The Balaban J connectivity index is 1.91. The molecule has 1 aromatic heterocycles. The van der Waals surface area contributed by atoms with Gasteiger partial charge in [0.1, 0.15) is 5.75 Å². The number of rotatable bonds is 6. The number of para-hydroxylation sites is 1. The largest absolute Gasteiger partial charge is 0.609 e. The van der Waals surface area contributed by atoms with Crippen LogP contribution in [-0.4, -0.2) is 42.8 Å². The number of hydrogen-bond donors (Lipinski definition) is 1. The van der Waals surface area contributed by atoms with E-state index in [9.17, 15) is 4.55 Å². The van der Waals surface area contributed by atoms with Gasteiger partial charge in [-0.05, 0) is 6.07 Å². The monoisotopic (exact) mass is 359 g/mol. The second-order valence-corrected chi connectivity index (χ2v) is 7.15. The van der Waals surface area contributed by atoms with Crippen molar-refractivity contribution in [2.45, 2.75) is 10.9 Å². The van der Waals surface area contributed by atoms with Crippen molar-refractivity contribution in [1.29, 1.82) is 0 Å². The fourth-order valence-electron chi connectivity index (χ4n) is 2.70. The van der Waals surface area contributed by atoms with Crippen LogP contribution in [0.25, 0.3) is 11.0 Å². The molecule has 0 amide bonds. The van der Waals surface area contributed by atoms with Crippen molar-refractivity contribution in [3.63, 3.8) is 0 Å². The van der Waals surface area contributed by atoms with Crippen molar-refractivity contribution in [3.05, 3.63) is 42.0 Å². The summed E-state index contributed by atoms with van der Waals surface area (Å²) in [6.45, 7) is 0. The Kier molecular flexibility index (Phi) is 5.06. The lowest BCUT2D eigenvalue weighted by molar-refractivity contribution is 0.356. The zero-order valence-corrected chi connectivity index (χ0v) is 15.5. The Morgan fingerprint density at radius 1 is 1.12 bits per heavy atom. The lowest BCUT2D eigenvalue weighted by Crippen LogP contribution is -2.14. The average molecular weight is 359 g/mol. The van der Waals surface area contributed by atoms with Crippen LogP contribution in [0.3, 0.4) is 0 Å². The molecule has 2 aromatic carbocycles. The smallest absolute Gasteiger partial charge is 0.321 e. The van der Waals surface area contributed by atoms with Gasteiger partial charge < -0.3 is 18.9 Å². The van der Waals surface area contributed by atoms with Gasteiger partial charge in [0.05, 0.1) is 25.3 Å². The summed E-state index contributed by atoms with van der Waals surface area (Å²) in [5.41, 5.74) is 3.53. The molecule has 0 radical (unpaired) electrons. The fourth-order valence-corrected chi connectivity index (χ4v) is 3.79. The predicted octanol–water partition coefficient (Wildman–Crippen LogP) is 2.95. The minimum absolute atomic E-state index is 0.391. The van der Waals surface area contributed by atoms with Gasteiger partial charge in [-0.3, -0.25) is 4.98 Å². The number of methoxy groups -OCH3 is 2. The van der Waals surface area contributed by atoms with E-state index in [4.69, 9.17) is 9.47 Å². The molecule has 132 valence electrons. The molecular weight excluding hydrogens is 338 g/mol. The lowest BCUT2D eigenvalue weighted by atomic mass is 10.2. The van der Waals surface area contributed by atoms with Gasteiger partial charge in [0.15, 0.2) is 11.5 Å². The normalized spacial score (nSPS) is 12.2. The summed E-state index contributed by atoms with van der Waals surface area (Å²) in [7, 11) is 7.11. The molecular formula is C18H21N3O3S. The molecule has 1 atom stereocenters. The third kappa shape index (κ3) is 3.52. The molecule has 3 rings (SSSR count). The third-order valence-corrected chi connectivity index (χ3v) is 5.14. The summed E-state index contributed by atoms with van der Waals surface area (Å²) >= 11 is -1.29. The number of H-pyrrole nitrogens is 1. The standard InChI is InChI=1S/C18H21N3O3S/c1-21(2)15-8-6-5-7-12(15)11-25(22)18-19-13-9-16(23-3)17(24-4)10-14(13)20-18/h5-10H,11H2,1-4H3,(H,19,20). The Morgan fingerprint density at radius 2 is 1.80 bits per heavy atom. The molecule has 1 unspecified atom stereocenters. The van der Waals surface area contributed by atoms with Crippen molar-refractivity contribution >= 4 is 27.9 Å². The molecule has 0 spiro atoms. The van der Waals surface area contributed by atoms with E-state index in [0.717, 1.165) is 16.8 Å². The lowest BCUT2D eigenvalue weighted by Gasteiger charge is -2.17. The van der Waals surface area contributed by atoms with E-state index >= 15 is 0 Å². The van der Waals surface area contributed by atoms with E-state index in [0.29, 0.717) is 27.9 Å². The van der Waals surface area contributed by atoms with E-state index in [1.54, 1.807) is 26.4 Å². The maximum atomic E-state index is 12.8. The van der Waals surface area contributed by atoms with Crippen LogP contribution >= 0.6 is 0 Å². The first kappa shape index (κ1) is 17.4. The first-order valence-corrected chi connectivity index (χ1v) is 9.10. The highest BCUT2D eigenvalue weighted by Crippen LogP contribution is 2.32. The third-order valence-electron chi connectivity index (χ3n) is 3.94. The van der Waals surface area contributed by atoms with Crippen LogP contribution < -0.4 is 14.4 Å². The van der Waals surface area contributed by atoms with Gasteiger partial charge in [-0.2, -0.15) is 4.98 Å². The number of ether oxygens (including phenoxy) is 2. The summed E-state index contributed by atoms with van der Waals surface area (Å²) in [4.78, 5) is 9.61. The quantitative estimate of drug-likeness (QED) is 0.685. The van der Waals surface area contributed by atoms with Crippen LogP contribution in [0.2, 0.25) is 0 Å². The summed E-state index contributed by atoms with van der Waals surface area (Å²) in [5, 5.41) is 0.443. The Bertz CT molecular complexity index is 838. The molecule has 7 heteroatoms. The summed E-state index contributed by atoms with van der Waals surface area (Å²) < 4.78 is 23.4. The summed E-state index contributed by atoms with van der Waals surface area (Å²) in [6.07, 6.45) is 0. The summed E-state index contributed by atoms with van der Waals surface area (Å²) in [5.74, 6) is 1.59. The van der Waals surface area contributed by atoms with Crippen molar-refractivity contribution in [3.8, 4) is 11.5 Å². The molecule has 25 heavy (non-hydrogen) atoms. The molecule has 0 saturated heterocycles. The highest BCUT2D eigenvalue weighted by atomic mass is 32.2. The molecule has 3 aromatic rings. The van der Waals surface area contributed by atoms with Gasteiger partial charge in [-0.25, -0.2) is 0 Å². The molecule has 0 bridgehead atoms. The van der Waals surface area contributed by atoms with Crippen LogP contribution in [-0.2, 0) is 16.9 Å². The molecule has 0 aliphatic rings. The number of nitrogens with one attached hydrogen (secondary N) is 1. The van der Waals surface area contributed by atoms with E-state index in [1.807, 2.05) is 43.3 Å². The molecule has 0 aliphatic heterocycles. The van der Waals surface area contributed by atoms with Gasteiger partial charge in [-0.1, -0.05) is 18.2 Å². The SMILES string of the molecule is COc1cc2nc([S+]([O-])Cc3ccccc3N(C)C)[nH]c2cc1OC. The second kappa shape index (κ2) is 7.25. The molecule has 1 heterocycles. The Morgan fingerprint density at radius 3 is 2.48 bits per heavy atom. The van der Waals surface area contributed by atoms with Crippen molar-refractivity contribution in [1.82, 2.24) is 9.97 Å². The Labute approximate surface area is 150 Å². The highest BCUT2D eigenvalue weighted by Gasteiger charge is 2.20. The number of benzene rings is 2. The number of aromatic nitrogens is 2. The number of aromatic amines is 1. The maximum absolute atomic E-state index is 12.8. The van der Waals surface area contributed by atoms with Crippen LogP contribution in [0.5, 0.6) is 11.5 Å². The molecule has 6 nitrogen and oxygen atoms in total. The maximum Gasteiger partial charge on any atom is 0.321 e. The second-order valence-electron chi connectivity index (χ2n) is 5.78. The van der Waals surface area contributed by atoms with Gasteiger partial charge in [0.2, 0.25) is 0 Å². The van der Waals surface area contributed by atoms with E-state index in [-0.39, 0.29) is 0 Å². The zero-order chi connectivity index (χ0) is 18.0. The number of nitrogens with zero attached hydrogens (tertiary/aromatic N) is 2. The predicted molar refractivity (Wildman–Crippen MR) is 100 cm³/mol. The molecule has 0 fully saturated rings. The van der Waals surface area contributed by atoms with Crippen LogP contribution in [0.4, 0.5) is 5.69 Å². The van der Waals surface area contributed by atoms with E-state index < -0.39 is 11.2 Å². The number of fused-ring (bicyclic) bond motifs is 1. The Hall–Kier alpha value is -2.38. The van der Waals surface area contributed by atoms with Gasteiger partial charge in [0, 0.05) is 48.7 Å². The number of imidazole rings is 1. The number of anilines is 1. The van der Waals surface area contributed by atoms with Crippen molar-refractivity contribution in [2.24, 2.45) is 0 Å². The number of hydrogen-bond acceptors (Lipinski definition) is 5. The first-order chi connectivity index (χ1) is 12.0. The molecule has 0 aliphatic carbocycles. The van der Waals surface area contributed by atoms with E-state index in [2.05, 4.69) is 9.97 Å². The highest BCUT2D eigenvalue weighted by molar-refractivity contribution is 7.90. The van der Waals surface area contributed by atoms with Crippen LogP contribution in [0, 0.1) is 0 Å². The minimum Gasteiger partial charge on any atom is -0.609 e. The van der Waals surface area contributed by atoms with Crippen molar-refractivity contribution < 1.29 is 14.0 Å². The van der Waals surface area contributed by atoms with Gasteiger partial charge >= 0.3 is 5.16 Å². The van der Waals surface area contributed by atoms with E-state index in [1.165, 1.54) is 0 Å². The topological polar surface area (TPSA) is 73.4 Å².